The van der Waals surface area contributed by atoms with Gasteiger partial charge in [-0.3, -0.25) is 9.58 Å². The second kappa shape index (κ2) is 5.57. The van der Waals surface area contributed by atoms with Crippen LogP contribution in [0.4, 0.5) is 0 Å². The average molecular weight is 238 g/mol. The maximum atomic E-state index is 5.75. The van der Waals surface area contributed by atoms with Crippen molar-refractivity contribution in [3.05, 3.63) is 11.9 Å². The lowest BCUT2D eigenvalue weighted by Crippen LogP contribution is -2.45. The molecule has 1 atom stereocenters. The summed E-state index contributed by atoms with van der Waals surface area (Å²) in [4.78, 5) is 4.83. The molecular weight excluding hydrogens is 216 g/mol. The Morgan fingerprint density at radius 3 is 2.59 bits per heavy atom. The van der Waals surface area contributed by atoms with Crippen LogP contribution in [0, 0.1) is 0 Å². The molecule has 0 saturated carbocycles. The molecule has 0 aromatic carbocycles. The summed E-state index contributed by atoms with van der Waals surface area (Å²) in [6.07, 6.45) is 1.95. The third-order valence-corrected chi connectivity index (χ3v) is 3.26. The molecule has 0 radical (unpaired) electrons. The van der Waals surface area contributed by atoms with Crippen LogP contribution in [0.1, 0.15) is 18.7 Å². The molecule has 1 aliphatic rings. The smallest absolute Gasteiger partial charge is 0.0991 e. The van der Waals surface area contributed by atoms with E-state index < -0.39 is 0 Å². The highest BCUT2D eigenvalue weighted by Crippen LogP contribution is 2.04. The van der Waals surface area contributed by atoms with E-state index in [-0.39, 0.29) is 6.04 Å². The SMILES string of the molecule is CC(N)c1cn(CCN2CCN(C)CC2)nn1. The van der Waals surface area contributed by atoms with Gasteiger partial charge in [0.15, 0.2) is 0 Å². The number of rotatable bonds is 4. The van der Waals surface area contributed by atoms with E-state index in [0.29, 0.717) is 0 Å². The van der Waals surface area contributed by atoms with E-state index in [0.717, 1.165) is 45.0 Å². The van der Waals surface area contributed by atoms with Crippen molar-refractivity contribution in [1.82, 2.24) is 24.8 Å². The van der Waals surface area contributed by atoms with Crippen LogP contribution < -0.4 is 5.73 Å². The van der Waals surface area contributed by atoms with Gasteiger partial charge in [-0.05, 0) is 14.0 Å². The lowest BCUT2D eigenvalue weighted by molar-refractivity contribution is 0.148. The summed E-state index contributed by atoms with van der Waals surface area (Å²) >= 11 is 0. The van der Waals surface area contributed by atoms with Crippen LogP contribution in [0.5, 0.6) is 0 Å². The number of nitrogens with zero attached hydrogens (tertiary/aromatic N) is 5. The molecule has 17 heavy (non-hydrogen) atoms. The highest BCUT2D eigenvalue weighted by atomic mass is 15.4. The minimum atomic E-state index is -0.0348. The summed E-state index contributed by atoms with van der Waals surface area (Å²) in [5.74, 6) is 0. The first-order chi connectivity index (χ1) is 8.15. The van der Waals surface area contributed by atoms with Crippen molar-refractivity contribution in [2.24, 2.45) is 5.73 Å². The zero-order chi connectivity index (χ0) is 12.3. The molecule has 1 saturated heterocycles. The third-order valence-electron chi connectivity index (χ3n) is 3.26. The van der Waals surface area contributed by atoms with Crippen molar-refractivity contribution in [2.45, 2.75) is 19.5 Å². The van der Waals surface area contributed by atoms with Crippen LogP contribution in [0.15, 0.2) is 6.20 Å². The average Bonchev–Trinajstić information content (AvgIpc) is 2.77. The van der Waals surface area contributed by atoms with Crippen molar-refractivity contribution in [3.63, 3.8) is 0 Å². The summed E-state index contributed by atoms with van der Waals surface area (Å²) in [7, 11) is 2.17. The molecule has 1 unspecified atom stereocenters. The van der Waals surface area contributed by atoms with Gasteiger partial charge in [-0.2, -0.15) is 0 Å². The Labute approximate surface area is 102 Å². The molecule has 1 aromatic rings. The van der Waals surface area contributed by atoms with Gasteiger partial charge in [-0.15, -0.1) is 5.10 Å². The zero-order valence-electron chi connectivity index (χ0n) is 10.7. The van der Waals surface area contributed by atoms with Crippen molar-refractivity contribution in [1.29, 1.82) is 0 Å². The van der Waals surface area contributed by atoms with Crippen LogP contribution >= 0.6 is 0 Å². The summed E-state index contributed by atoms with van der Waals surface area (Å²) in [5, 5.41) is 8.14. The van der Waals surface area contributed by atoms with Crippen molar-refractivity contribution < 1.29 is 0 Å². The largest absolute Gasteiger partial charge is 0.323 e. The molecule has 2 heterocycles. The summed E-state index contributed by atoms with van der Waals surface area (Å²) in [5.41, 5.74) is 6.61. The minimum absolute atomic E-state index is 0.0348. The molecule has 2 rings (SSSR count). The van der Waals surface area contributed by atoms with Crippen molar-refractivity contribution in [2.75, 3.05) is 39.8 Å². The highest BCUT2D eigenvalue weighted by Gasteiger charge is 2.13. The van der Waals surface area contributed by atoms with Gasteiger partial charge in [-0.1, -0.05) is 5.21 Å². The van der Waals surface area contributed by atoms with Gasteiger partial charge in [0.2, 0.25) is 0 Å². The predicted molar refractivity (Wildman–Crippen MR) is 66.6 cm³/mol. The Hall–Kier alpha value is -0.980. The van der Waals surface area contributed by atoms with Gasteiger partial charge in [0, 0.05) is 38.8 Å². The Balaban J connectivity index is 1.77. The van der Waals surface area contributed by atoms with E-state index >= 15 is 0 Å². The number of hydrogen-bond donors (Lipinski definition) is 1. The number of aromatic nitrogens is 3. The van der Waals surface area contributed by atoms with E-state index in [1.54, 1.807) is 0 Å². The molecule has 6 nitrogen and oxygen atoms in total. The van der Waals surface area contributed by atoms with E-state index in [1.807, 2.05) is 17.8 Å². The summed E-state index contributed by atoms with van der Waals surface area (Å²) < 4.78 is 1.89. The lowest BCUT2D eigenvalue weighted by atomic mass is 10.3. The molecule has 2 N–H and O–H groups in total. The maximum Gasteiger partial charge on any atom is 0.0991 e. The van der Waals surface area contributed by atoms with E-state index in [2.05, 4.69) is 27.2 Å². The molecule has 0 aliphatic carbocycles. The fourth-order valence-electron chi connectivity index (χ4n) is 1.95. The Kier molecular flexibility index (Phi) is 4.09. The molecular formula is C11H22N6. The van der Waals surface area contributed by atoms with Gasteiger partial charge >= 0.3 is 0 Å². The zero-order valence-corrected chi connectivity index (χ0v) is 10.7. The second-order valence-corrected chi connectivity index (χ2v) is 4.84. The van der Waals surface area contributed by atoms with Gasteiger partial charge < -0.3 is 10.6 Å². The fourth-order valence-corrected chi connectivity index (χ4v) is 1.95. The topological polar surface area (TPSA) is 63.2 Å². The first-order valence-corrected chi connectivity index (χ1v) is 6.21. The third kappa shape index (κ3) is 3.49. The first kappa shape index (κ1) is 12.5. The monoisotopic (exact) mass is 238 g/mol. The second-order valence-electron chi connectivity index (χ2n) is 4.84. The fraction of sp³-hybridized carbons (Fsp3) is 0.818. The van der Waals surface area contributed by atoms with Gasteiger partial charge in [0.25, 0.3) is 0 Å². The summed E-state index contributed by atoms with van der Waals surface area (Å²) in [6.45, 7) is 8.45. The van der Waals surface area contributed by atoms with Crippen LogP contribution in [0.25, 0.3) is 0 Å². The minimum Gasteiger partial charge on any atom is -0.323 e. The van der Waals surface area contributed by atoms with Crippen LogP contribution in [-0.2, 0) is 6.54 Å². The summed E-state index contributed by atoms with van der Waals surface area (Å²) in [6, 6.07) is -0.0348. The highest BCUT2D eigenvalue weighted by molar-refractivity contribution is 4.97. The predicted octanol–water partition coefficient (Wildman–Crippen LogP) is -0.455. The van der Waals surface area contributed by atoms with Crippen LogP contribution in [0.2, 0.25) is 0 Å². The standard InChI is InChI=1S/C11H22N6/c1-10(12)11-9-17(14-13-11)8-7-16-5-3-15(2)4-6-16/h9-10H,3-8,12H2,1-2H3. The molecule has 96 valence electrons. The molecule has 1 fully saturated rings. The van der Waals surface area contributed by atoms with E-state index in [4.69, 9.17) is 5.73 Å². The number of nitrogens with two attached hydrogens (primary N) is 1. The lowest BCUT2D eigenvalue weighted by Gasteiger charge is -2.32. The van der Waals surface area contributed by atoms with Crippen molar-refractivity contribution >= 4 is 0 Å². The Bertz CT molecular complexity index is 339. The quantitative estimate of drug-likeness (QED) is 0.769. The molecule has 1 aromatic heterocycles. The molecule has 0 bridgehead atoms. The van der Waals surface area contributed by atoms with Crippen LogP contribution in [0.3, 0.4) is 0 Å². The van der Waals surface area contributed by atoms with Crippen LogP contribution in [-0.4, -0.2) is 64.6 Å². The van der Waals surface area contributed by atoms with Crippen molar-refractivity contribution in [3.8, 4) is 0 Å². The first-order valence-electron chi connectivity index (χ1n) is 6.21. The Morgan fingerprint density at radius 2 is 2.00 bits per heavy atom. The normalized spacial score (nSPS) is 20.6. The number of hydrogen-bond acceptors (Lipinski definition) is 5. The number of likely N-dealkylation sites (N-methyl/N-ethyl adjacent to an activating group) is 1. The molecule has 0 spiro atoms. The van der Waals surface area contributed by atoms with E-state index in [9.17, 15) is 0 Å². The van der Waals surface area contributed by atoms with E-state index in [1.165, 1.54) is 0 Å². The van der Waals surface area contributed by atoms with Gasteiger partial charge in [0.1, 0.15) is 0 Å². The Morgan fingerprint density at radius 1 is 1.29 bits per heavy atom. The molecule has 0 amide bonds. The van der Waals surface area contributed by atoms with Gasteiger partial charge in [0.05, 0.1) is 18.4 Å². The molecule has 1 aliphatic heterocycles. The molecule has 6 heteroatoms. The van der Waals surface area contributed by atoms with Gasteiger partial charge in [-0.25, -0.2) is 0 Å². The number of piperazine rings is 1. The maximum absolute atomic E-state index is 5.75.